The number of ether oxygens (including phenoxy) is 2. The van der Waals surface area contributed by atoms with Crippen molar-refractivity contribution in [3.63, 3.8) is 0 Å². The topological polar surface area (TPSA) is 139 Å². The Bertz CT molecular complexity index is 1090. The minimum Gasteiger partial charge on any atom is -0.475 e. The fraction of sp³-hybridized carbons (Fsp3) is 0.333. The van der Waals surface area contributed by atoms with Gasteiger partial charge in [-0.3, -0.25) is 0 Å². The first-order valence-corrected chi connectivity index (χ1v) is 9.55. The highest BCUT2D eigenvalue weighted by atomic mass is 19.4. The Balaban J connectivity index is 1.57. The van der Waals surface area contributed by atoms with Crippen LogP contribution in [-0.4, -0.2) is 33.0 Å². The number of nitrogens with two attached hydrogens (primary N) is 1. The quantitative estimate of drug-likeness (QED) is 0.507. The van der Waals surface area contributed by atoms with E-state index in [4.69, 9.17) is 15.2 Å². The van der Waals surface area contributed by atoms with E-state index in [9.17, 15) is 38.1 Å². The lowest BCUT2D eigenvalue weighted by molar-refractivity contribution is -0.194. The number of rotatable bonds is 5. The Labute approximate surface area is 179 Å². The van der Waals surface area contributed by atoms with E-state index in [1.165, 1.54) is 18.2 Å². The van der Waals surface area contributed by atoms with Crippen LogP contribution in [0.1, 0.15) is 40.8 Å². The first-order valence-electron chi connectivity index (χ1n) is 9.55. The highest BCUT2D eigenvalue weighted by Crippen LogP contribution is 2.50. The Kier molecular flexibility index (Phi) is 5.05. The van der Waals surface area contributed by atoms with Crippen molar-refractivity contribution < 1.29 is 47.6 Å². The second-order valence-corrected chi connectivity index (χ2v) is 7.76. The van der Waals surface area contributed by atoms with Gasteiger partial charge < -0.3 is 30.5 Å². The van der Waals surface area contributed by atoms with Crippen molar-refractivity contribution in [1.29, 1.82) is 0 Å². The zero-order valence-electron chi connectivity index (χ0n) is 16.3. The van der Waals surface area contributed by atoms with Crippen LogP contribution in [0.5, 0.6) is 11.5 Å². The predicted molar refractivity (Wildman–Crippen MR) is 101 cm³/mol. The predicted octanol–water partition coefficient (Wildman–Crippen LogP) is 2.64. The molecule has 0 aromatic heterocycles. The molecule has 3 unspecified atom stereocenters. The van der Waals surface area contributed by atoms with E-state index in [-0.39, 0.29) is 29.9 Å². The van der Waals surface area contributed by atoms with E-state index in [1.54, 1.807) is 6.07 Å². The number of benzene rings is 2. The molecule has 2 aromatic rings. The van der Waals surface area contributed by atoms with Gasteiger partial charge in [-0.15, -0.1) is 0 Å². The van der Waals surface area contributed by atoms with Gasteiger partial charge in [0.2, 0.25) is 0 Å². The first-order chi connectivity index (χ1) is 14.9. The number of aliphatic hydroxyl groups excluding tert-OH is 1. The van der Waals surface area contributed by atoms with Crippen molar-refractivity contribution in [3.8, 4) is 11.5 Å². The molecule has 1 heterocycles. The van der Waals surface area contributed by atoms with E-state index >= 15 is 0 Å². The number of aliphatic hydroxyl groups is 1. The van der Waals surface area contributed by atoms with E-state index in [0.29, 0.717) is 11.1 Å². The van der Waals surface area contributed by atoms with Crippen LogP contribution in [0.3, 0.4) is 0 Å². The molecule has 11 heteroatoms. The highest BCUT2D eigenvalue weighted by Gasteiger charge is 2.58. The average Bonchev–Trinajstić information content (AvgIpc) is 3.27. The molecule has 170 valence electrons. The van der Waals surface area contributed by atoms with Gasteiger partial charge in [-0.1, -0.05) is 18.2 Å². The van der Waals surface area contributed by atoms with Crippen molar-refractivity contribution >= 4 is 11.9 Å². The minimum absolute atomic E-state index is 0.0236. The molecule has 0 saturated heterocycles. The molecule has 3 atom stereocenters. The molecule has 0 radical (unpaired) electrons. The zero-order chi connectivity index (χ0) is 23.4. The van der Waals surface area contributed by atoms with Crippen LogP contribution in [-0.2, 0) is 22.2 Å². The molecule has 0 bridgehead atoms. The molecule has 1 aliphatic carbocycles. The number of aliphatic carboxylic acids is 2. The van der Waals surface area contributed by atoms with E-state index < -0.39 is 47.5 Å². The summed E-state index contributed by atoms with van der Waals surface area (Å²) in [4.78, 5) is 23.0. The Hall–Kier alpha value is -3.31. The number of hydrogen-bond donors (Lipinski definition) is 4. The van der Waals surface area contributed by atoms with Crippen LogP contribution in [0, 0.1) is 5.92 Å². The van der Waals surface area contributed by atoms with Gasteiger partial charge in [0.1, 0.15) is 0 Å². The molecule has 0 amide bonds. The first kappa shape index (κ1) is 21.9. The average molecular weight is 453 g/mol. The highest BCUT2D eigenvalue weighted by molar-refractivity contribution is 6.01. The molecular weight excluding hydrogens is 435 g/mol. The van der Waals surface area contributed by atoms with Crippen LogP contribution >= 0.6 is 0 Å². The largest absolute Gasteiger partial charge is 0.475 e. The summed E-state index contributed by atoms with van der Waals surface area (Å²) in [6.45, 7) is 0. The second-order valence-electron chi connectivity index (χ2n) is 7.76. The number of carboxylic acids is 2. The third-order valence-corrected chi connectivity index (χ3v) is 5.78. The molecule has 4 rings (SSSR count). The number of carboxylic acid groups (broad SMARTS) is 2. The number of alkyl halides is 3. The zero-order valence-corrected chi connectivity index (χ0v) is 16.3. The summed E-state index contributed by atoms with van der Waals surface area (Å²) in [5.74, 6) is -7.15. The van der Waals surface area contributed by atoms with Crippen LogP contribution in [0.15, 0.2) is 36.4 Å². The molecule has 0 fully saturated rings. The molecule has 0 spiro atoms. The standard InChI is InChI=1S/C21H18F3NO7/c22-21(23,24)11-3-1-2-9(6-11)14(26)8-10-7-13-12(16(10)25)4-5-15-17(13)32-20(31-15,18(27)28)19(29)30/h1-6,10,14,16,26H,7-8,25H2,(H,27,28)(H,29,30). The third-order valence-electron chi connectivity index (χ3n) is 5.78. The van der Waals surface area contributed by atoms with Gasteiger partial charge in [0.15, 0.2) is 11.5 Å². The summed E-state index contributed by atoms with van der Waals surface area (Å²) in [6, 6.07) is 6.65. The molecule has 5 N–H and O–H groups in total. The molecule has 0 saturated carbocycles. The monoisotopic (exact) mass is 453 g/mol. The lowest BCUT2D eigenvalue weighted by atomic mass is 9.91. The van der Waals surface area contributed by atoms with Crippen LogP contribution in [0.2, 0.25) is 0 Å². The van der Waals surface area contributed by atoms with Crippen LogP contribution in [0.25, 0.3) is 0 Å². The molecule has 8 nitrogen and oxygen atoms in total. The maximum Gasteiger partial charge on any atom is 0.453 e. The molecule has 2 aliphatic rings. The maximum atomic E-state index is 13.0. The summed E-state index contributed by atoms with van der Waals surface area (Å²) >= 11 is 0. The molecular formula is C21H18F3NO7. The summed E-state index contributed by atoms with van der Waals surface area (Å²) in [5, 5.41) is 29.2. The molecule has 1 aliphatic heterocycles. The normalized spacial score (nSPS) is 21.8. The van der Waals surface area contributed by atoms with Gasteiger partial charge in [-0.25, -0.2) is 9.59 Å². The van der Waals surface area contributed by atoms with Crippen LogP contribution < -0.4 is 15.2 Å². The van der Waals surface area contributed by atoms with Crippen molar-refractivity contribution in [2.75, 3.05) is 0 Å². The molecule has 2 aromatic carbocycles. The SMILES string of the molecule is NC1c2ccc3c(c2CC1CC(O)c1cccc(C(F)(F)F)c1)OC(C(=O)O)(C(=O)O)O3. The van der Waals surface area contributed by atoms with Crippen molar-refractivity contribution in [2.24, 2.45) is 11.7 Å². The van der Waals surface area contributed by atoms with Gasteiger partial charge >= 0.3 is 23.9 Å². The fourth-order valence-electron chi connectivity index (χ4n) is 4.14. The van der Waals surface area contributed by atoms with Crippen LogP contribution in [0.4, 0.5) is 13.2 Å². The Morgan fingerprint density at radius 2 is 1.84 bits per heavy atom. The number of carbonyl (C=O) groups is 2. The van der Waals surface area contributed by atoms with E-state index in [0.717, 1.165) is 12.1 Å². The summed E-state index contributed by atoms with van der Waals surface area (Å²) in [7, 11) is 0. The fourth-order valence-corrected chi connectivity index (χ4v) is 4.14. The summed E-state index contributed by atoms with van der Waals surface area (Å²) in [5.41, 5.74) is 6.49. The van der Waals surface area contributed by atoms with E-state index in [1.807, 2.05) is 0 Å². The third kappa shape index (κ3) is 3.43. The smallest absolute Gasteiger partial charge is 0.453 e. The number of hydrogen-bond acceptors (Lipinski definition) is 6. The number of halogens is 3. The number of fused-ring (bicyclic) bond motifs is 3. The second kappa shape index (κ2) is 7.38. The summed E-state index contributed by atoms with van der Waals surface area (Å²) in [6.07, 6.45) is -5.57. The maximum absolute atomic E-state index is 13.0. The van der Waals surface area contributed by atoms with Crippen molar-refractivity contribution in [2.45, 2.75) is 37.0 Å². The van der Waals surface area contributed by atoms with Crippen molar-refractivity contribution in [1.82, 2.24) is 0 Å². The Morgan fingerprint density at radius 1 is 1.16 bits per heavy atom. The van der Waals surface area contributed by atoms with Gasteiger partial charge in [0, 0.05) is 11.6 Å². The van der Waals surface area contributed by atoms with Gasteiger partial charge in [-0.2, -0.15) is 13.2 Å². The summed E-state index contributed by atoms with van der Waals surface area (Å²) < 4.78 is 49.2. The minimum atomic E-state index is -4.55. The van der Waals surface area contributed by atoms with Gasteiger partial charge in [-0.05, 0) is 48.1 Å². The van der Waals surface area contributed by atoms with Gasteiger partial charge in [0.25, 0.3) is 0 Å². The Morgan fingerprint density at radius 3 is 2.47 bits per heavy atom. The van der Waals surface area contributed by atoms with Crippen molar-refractivity contribution in [3.05, 3.63) is 58.7 Å². The lowest BCUT2D eigenvalue weighted by Gasteiger charge is -2.21. The lowest BCUT2D eigenvalue weighted by Crippen LogP contribution is -2.54. The van der Waals surface area contributed by atoms with Gasteiger partial charge in [0.05, 0.1) is 11.7 Å². The molecule has 32 heavy (non-hydrogen) atoms. The van der Waals surface area contributed by atoms with E-state index in [2.05, 4.69) is 0 Å².